The average Bonchev–Trinajstić information content (AvgIpc) is 3.52. The number of nitrogens with zero attached hydrogens (tertiary/aromatic N) is 4. The van der Waals surface area contributed by atoms with Gasteiger partial charge in [0.05, 0.1) is 12.7 Å². The predicted octanol–water partition coefficient (Wildman–Crippen LogP) is 3.58. The van der Waals surface area contributed by atoms with Crippen molar-refractivity contribution in [2.24, 2.45) is 17.6 Å². The number of hydrogen-bond acceptors (Lipinski definition) is 8. The van der Waals surface area contributed by atoms with Gasteiger partial charge in [0.15, 0.2) is 5.69 Å². The Morgan fingerprint density at radius 2 is 1.89 bits per heavy atom. The van der Waals surface area contributed by atoms with E-state index in [-0.39, 0.29) is 42.4 Å². The summed E-state index contributed by atoms with van der Waals surface area (Å²) >= 11 is 0. The molecule has 234 valence electrons. The van der Waals surface area contributed by atoms with Crippen LogP contribution >= 0.6 is 0 Å². The maximum absolute atomic E-state index is 13.9. The first-order valence-electron chi connectivity index (χ1n) is 15.4. The summed E-state index contributed by atoms with van der Waals surface area (Å²) in [4.78, 5) is 48.9. The number of carbonyl (C=O) groups is 3. The summed E-state index contributed by atoms with van der Waals surface area (Å²) in [6, 6.07) is 11.5. The minimum atomic E-state index is -0.763. The largest absolute Gasteiger partial charge is 0.497 e. The monoisotopic (exact) mass is 602 g/mol. The topological polar surface area (TPSA) is 144 Å². The Morgan fingerprint density at radius 1 is 1.09 bits per heavy atom. The first-order valence-corrected chi connectivity index (χ1v) is 15.4. The van der Waals surface area contributed by atoms with Gasteiger partial charge in [-0.15, -0.1) is 0 Å². The van der Waals surface area contributed by atoms with E-state index < -0.39 is 6.04 Å². The smallest absolute Gasteiger partial charge is 0.276 e. The minimum Gasteiger partial charge on any atom is -0.497 e. The Bertz CT molecular complexity index is 1420. The van der Waals surface area contributed by atoms with Crippen LogP contribution in [0.15, 0.2) is 59.4 Å². The Labute approximate surface area is 258 Å². The van der Waals surface area contributed by atoms with Crippen LogP contribution in [-0.4, -0.2) is 76.5 Å². The van der Waals surface area contributed by atoms with Crippen LogP contribution in [0, 0.1) is 18.8 Å². The maximum atomic E-state index is 13.9. The fraction of sp³-hybridized carbons (Fsp3) is 0.485. The molecule has 1 unspecified atom stereocenters. The number of aryl methyl sites for hydroxylation is 1. The van der Waals surface area contributed by atoms with Gasteiger partial charge in [-0.25, -0.2) is 0 Å². The predicted molar refractivity (Wildman–Crippen MR) is 164 cm³/mol. The Hall–Kier alpha value is -4.25. The zero-order chi connectivity index (χ0) is 31.1. The molecule has 0 bridgehead atoms. The standard InChI is InChI=1S/C33H42N6O5/c1-22-15-29(37-44-22)33(42)39(21-25-5-3-7-28(16-25)43-2)27-12-14-38(32(41)26-6-4-13-35-20-26)30(17-27)31(40)36-19-24-10-8-23(18-34)9-11-24/h3-7,13,15-16,20,23-24,27,30H,8-12,14,17-19,21,34H2,1-2H3,(H,36,40)/t23?,24?,27?,30-/m1/s1. The molecule has 3 amide bonds. The van der Waals surface area contributed by atoms with Crippen molar-refractivity contribution in [3.8, 4) is 5.75 Å². The second kappa shape index (κ2) is 14.5. The molecule has 1 saturated carbocycles. The number of benzene rings is 1. The van der Waals surface area contributed by atoms with Crippen LogP contribution in [0.3, 0.4) is 0 Å². The molecule has 5 rings (SSSR count). The van der Waals surface area contributed by atoms with Crippen molar-refractivity contribution >= 4 is 17.7 Å². The van der Waals surface area contributed by atoms with Crippen molar-refractivity contribution in [2.45, 2.75) is 64.1 Å². The van der Waals surface area contributed by atoms with Gasteiger partial charge in [0.25, 0.3) is 11.8 Å². The van der Waals surface area contributed by atoms with Crippen LogP contribution in [-0.2, 0) is 11.3 Å². The van der Waals surface area contributed by atoms with E-state index in [0.717, 1.165) is 31.2 Å². The van der Waals surface area contributed by atoms with Gasteiger partial charge in [0, 0.05) is 44.1 Å². The summed E-state index contributed by atoms with van der Waals surface area (Å²) in [5.41, 5.74) is 7.37. The molecule has 1 aliphatic heterocycles. The molecule has 2 atom stereocenters. The first-order chi connectivity index (χ1) is 21.4. The van der Waals surface area contributed by atoms with Crippen molar-refractivity contribution in [1.29, 1.82) is 0 Å². The van der Waals surface area contributed by atoms with Crippen molar-refractivity contribution in [2.75, 3.05) is 26.7 Å². The lowest BCUT2D eigenvalue weighted by Gasteiger charge is -2.43. The molecular weight excluding hydrogens is 560 g/mol. The van der Waals surface area contributed by atoms with Crippen LogP contribution in [0.4, 0.5) is 0 Å². The number of hydrogen-bond donors (Lipinski definition) is 2. The lowest BCUT2D eigenvalue weighted by Crippen LogP contribution is -2.58. The highest BCUT2D eigenvalue weighted by Crippen LogP contribution is 2.30. The molecule has 1 aliphatic carbocycles. The number of nitrogens with two attached hydrogens (primary N) is 1. The van der Waals surface area contributed by atoms with E-state index >= 15 is 0 Å². The molecule has 2 aromatic heterocycles. The fourth-order valence-electron chi connectivity index (χ4n) is 6.36. The molecule has 11 heteroatoms. The number of piperidine rings is 1. The average molecular weight is 603 g/mol. The molecule has 1 aromatic carbocycles. The van der Waals surface area contributed by atoms with E-state index in [2.05, 4.69) is 15.5 Å². The lowest BCUT2D eigenvalue weighted by molar-refractivity contribution is -0.127. The Kier molecular flexibility index (Phi) is 10.3. The molecule has 3 N–H and O–H groups in total. The fourth-order valence-corrected chi connectivity index (χ4v) is 6.36. The van der Waals surface area contributed by atoms with E-state index in [4.69, 9.17) is 15.0 Å². The Morgan fingerprint density at radius 3 is 2.57 bits per heavy atom. The molecule has 1 saturated heterocycles. The van der Waals surface area contributed by atoms with E-state index in [1.54, 1.807) is 48.2 Å². The third-order valence-corrected chi connectivity index (χ3v) is 8.95. The van der Waals surface area contributed by atoms with Gasteiger partial charge < -0.3 is 30.1 Å². The molecule has 2 fully saturated rings. The quantitative estimate of drug-likeness (QED) is 0.358. The number of rotatable bonds is 10. The van der Waals surface area contributed by atoms with Crippen molar-refractivity contribution in [3.63, 3.8) is 0 Å². The highest BCUT2D eigenvalue weighted by Gasteiger charge is 2.40. The van der Waals surface area contributed by atoms with Crippen LogP contribution in [0.25, 0.3) is 0 Å². The first kappa shape index (κ1) is 31.2. The molecule has 44 heavy (non-hydrogen) atoms. The minimum absolute atomic E-state index is 0.202. The molecule has 2 aliphatic rings. The van der Waals surface area contributed by atoms with Gasteiger partial charge >= 0.3 is 0 Å². The van der Waals surface area contributed by atoms with Gasteiger partial charge in [-0.1, -0.05) is 17.3 Å². The zero-order valence-corrected chi connectivity index (χ0v) is 25.5. The summed E-state index contributed by atoms with van der Waals surface area (Å²) in [5.74, 6) is 1.39. The number of aromatic nitrogens is 2. The highest BCUT2D eigenvalue weighted by molar-refractivity contribution is 5.97. The number of pyridine rings is 1. The van der Waals surface area contributed by atoms with Crippen LogP contribution in [0.5, 0.6) is 5.75 Å². The molecule has 0 spiro atoms. The second-order valence-electron chi connectivity index (χ2n) is 11.9. The van der Waals surface area contributed by atoms with E-state index in [1.165, 1.54) is 6.20 Å². The van der Waals surface area contributed by atoms with Gasteiger partial charge in [-0.2, -0.15) is 0 Å². The summed E-state index contributed by atoms with van der Waals surface area (Å²) < 4.78 is 10.6. The summed E-state index contributed by atoms with van der Waals surface area (Å²) in [5, 5.41) is 7.14. The summed E-state index contributed by atoms with van der Waals surface area (Å²) in [6.45, 7) is 3.57. The van der Waals surface area contributed by atoms with Crippen LogP contribution < -0.4 is 15.8 Å². The number of ether oxygens (including phenoxy) is 1. The van der Waals surface area contributed by atoms with E-state index in [0.29, 0.717) is 55.0 Å². The molecule has 0 radical (unpaired) electrons. The molecule has 3 heterocycles. The summed E-state index contributed by atoms with van der Waals surface area (Å²) in [6.07, 6.45) is 8.08. The molecule has 3 aromatic rings. The number of carbonyl (C=O) groups excluding carboxylic acids is 3. The van der Waals surface area contributed by atoms with Gasteiger partial charge in [0.1, 0.15) is 17.6 Å². The molecular formula is C33H42N6O5. The van der Waals surface area contributed by atoms with E-state index in [9.17, 15) is 14.4 Å². The van der Waals surface area contributed by atoms with Crippen LogP contribution in [0.2, 0.25) is 0 Å². The number of nitrogens with one attached hydrogen (secondary N) is 1. The maximum Gasteiger partial charge on any atom is 0.276 e. The second-order valence-corrected chi connectivity index (χ2v) is 11.9. The van der Waals surface area contributed by atoms with Crippen molar-refractivity contribution in [3.05, 3.63) is 77.4 Å². The highest BCUT2D eigenvalue weighted by atomic mass is 16.5. The van der Waals surface area contributed by atoms with Crippen molar-refractivity contribution < 1.29 is 23.6 Å². The van der Waals surface area contributed by atoms with Gasteiger partial charge in [0.2, 0.25) is 5.91 Å². The van der Waals surface area contributed by atoms with Crippen molar-refractivity contribution in [1.82, 2.24) is 25.3 Å². The van der Waals surface area contributed by atoms with E-state index in [1.807, 2.05) is 24.3 Å². The third kappa shape index (κ3) is 7.45. The third-order valence-electron chi connectivity index (χ3n) is 8.95. The number of amides is 3. The SMILES string of the molecule is COc1cccc(CN(C(=O)c2cc(C)on2)C2CCN(C(=O)c3cccnc3)[C@@H](C(=O)NCC3CCC(CN)CC3)C2)c1. The summed E-state index contributed by atoms with van der Waals surface area (Å²) in [7, 11) is 1.60. The van der Waals surface area contributed by atoms with Gasteiger partial charge in [-0.05, 0) is 93.7 Å². The lowest BCUT2D eigenvalue weighted by atomic mass is 9.82. The van der Waals surface area contributed by atoms with Gasteiger partial charge in [-0.3, -0.25) is 19.4 Å². The number of likely N-dealkylation sites (tertiary alicyclic amines) is 1. The zero-order valence-electron chi connectivity index (χ0n) is 25.5. The molecule has 11 nitrogen and oxygen atoms in total. The normalized spacial score (nSPS) is 21.8. The van der Waals surface area contributed by atoms with Crippen LogP contribution in [0.1, 0.15) is 70.7 Å². The number of methoxy groups -OCH3 is 1. The Balaban J connectivity index is 1.39.